The molecule has 5 nitrogen and oxygen atoms in total. The zero-order chi connectivity index (χ0) is 21.1. The number of carbonyl (C=O) groups is 2. The SMILES string of the molecule is CCCCOc1ccc(C(=O)N/C(=C/c2ccccc2)C(=O)OCC(C)C)cc1. The van der Waals surface area contributed by atoms with E-state index in [4.69, 9.17) is 9.47 Å². The average Bonchev–Trinajstić information content (AvgIpc) is 2.73. The largest absolute Gasteiger partial charge is 0.494 e. The Bertz CT molecular complexity index is 811. The molecule has 1 N–H and O–H groups in total. The molecule has 2 aromatic carbocycles. The van der Waals surface area contributed by atoms with Gasteiger partial charge in [0.1, 0.15) is 11.4 Å². The van der Waals surface area contributed by atoms with Crippen molar-refractivity contribution < 1.29 is 19.1 Å². The number of esters is 1. The van der Waals surface area contributed by atoms with Crippen LogP contribution >= 0.6 is 0 Å². The van der Waals surface area contributed by atoms with Crippen LogP contribution in [-0.4, -0.2) is 25.1 Å². The van der Waals surface area contributed by atoms with Crippen LogP contribution in [0, 0.1) is 5.92 Å². The zero-order valence-corrected chi connectivity index (χ0v) is 17.3. The molecule has 0 aliphatic rings. The molecule has 0 atom stereocenters. The zero-order valence-electron chi connectivity index (χ0n) is 17.3. The lowest BCUT2D eigenvalue weighted by atomic mass is 10.1. The number of ether oxygens (including phenoxy) is 2. The van der Waals surface area contributed by atoms with E-state index in [0.717, 1.165) is 18.4 Å². The summed E-state index contributed by atoms with van der Waals surface area (Å²) in [5.74, 6) is -0.0246. The van der Waals surface area contributed by atoms with E-state index in [1.165, 1.54) is 0 Å². The summed E-state index contributed by atoms with van der Waals surface area (Å²) in [7, 11) is 0. The molecule has 1 amide bonds. The fraction of sp³-hybridized carbons (Fsp3) is 0.333. The van der Waals surface area contributed by atoms with E-state index in [1.54, 1.807) is 30.3 Å². The summed E-state index contributed by atoms with van der Waals surface area (Å²) in [6.45, 7) is 6.94. The van der Waals surface area contributed by atoms with E-state index in [9.17, 15) is 9.59 Å². The molecular weight excluding hydrogens is 366 g/mol. The Morgan fingerprint density at radius 2 is 1.72 bits per heavy atom. The number of hydrogen-bond acceptors (Lipinski definition) is 4. The van der Waals surface area contributed by atoms with Gasteiger partial charge in [0, 0.05) is 5.56 Å². The molecule has 0 aromatic heterocycles. The molecule has 0 unspecified atom stereocenters. The molecular formula is C24H29NO4. The smallest absolute Gasteiger partial charge is 0.354 e. The summed E-state index contributed by atoms with van der Waals surface area (Å²) in [5, 5.41) is 2.68. The Kier molecular flexibility index (Phi) is 8.96. The van der Waals surface area contributed by atoms with Crippen molar-refractivity contribution in [2.75, 3.05) is 13.2 Å². The van der Waals surface area contributed by atoms with E-state index in [2.05, 4.69) is 12.2 Å². The molecule has 2 aromatic rings. The van der Waals surface area contributed by atoms with Gasteiger partial charge in [-0.15, -0.1) is 0 Å². The molecule has 0 aliphatic heterocycles. The first-order valence-corrected chi connectivity index (χ1v) is 9.97. The normalized spacial score (nSPS) is 11.2. The van der Waals surface area contributed by atoms with E-state index in [-0.39, 0.29) is 24.1 Å². The first-order valence-electron chi connectivity index (χ1n) is 9.97. The van der Waals surface area contributed by atoms with Gasteiger partial charge in [-0.25, -0.2) is 4.79 Å². The third-order valence-electron chi connectivity index (χ3n) is 4.01. The summed E-state index contributed by atoms with van der Waals surface area (Å²) in [6.07, 6.45) is 3.65. The van der Waals surface area contributed by atoms with Crippen molar-refractivity contribution in [1.82, 2.24) is 5.32 Å². The minimum Gasteiger partial charge on any atom is -0.494 e. The third-order valence-corrected chi connectivity index (χ3v) is 4.01. The second-order valence-electron chi connectivity index (χ2n) is 7.14. The number of hydrogen-bond donors (Lipinski definition) is 1. The topological polar surface area (TPSA) is 64.6 Å². The maximum atomic E-state index is 12.7. The van der Waals surface area contributed by atoms with Crippen molar-refractivity contribution >= 4 is 18.0 Å². The summed E-state index contributed by atoms with van der Waals surface area (Å²) < 4.78 is 10.9. The van der Waals surface area contributed by atoms with Gasteiger partial charge in [0.25, 0.3) is 5.91 Å². The Morgan fingerprint density at radius 3 is 2.34 bits per heavy atom. The molecule has 0 radical (unpaired) electrons. The predicted octanol–water partition coefficient (Wildman–Crippen LogP) is 4.84. The molecule has 0 fully saturated rings. The Labute approximate surface area is 172 Å². The van der Waals surface area contributed by atoms with Crippen LogP contribution in [0.15, 0.2) is 60.3 Å². The summed E-state index contributed by atoms with van der Waals surface area (Å²) in [4.78, 5) is 25.2. The van der Waals surface area contributed by atoms with Crippen molar-refractivity contribution in [2.45, 2.75) is 33.6 Å². The van der Waals surface area contributed by atoms with Crippen LogP contribution in [0.3, 0.4) is 0 Å². The molecule has 0 aliphatic carbocycles. The Morgan fingerprint density at radius 1 is 1.03 bits per heavy atom. The Hall–Kier alpha value is -3.08. The molecule has 29 heavy (non-hydrogen) atoms. The first-order chi connectivity index (χ1) is 14.0. The maximum absolute atomic E-state index is 12.7. The molecule has 0 heterocycles. The lowest BCUT2D eigenvalue weighted by Gasteiger charge is -2.12. The van der Waals surface area contributed by atoms with Crippen LogP contribution in [0.5, 0.6) is 5.75 Å². The highest BCUT2D eigenvalue weighted by molar-refractivity contribution is 6.03. The number of unbranched alkanes of at least 4 members (excludes halogenated alkanes) is 1. The van der Waals surface area contributed by atoms with Gasteiger partial charge in [-0.05, 0) is 48.2 Å². The van der Waals surface area contributed by atoms with Crippen molar-refractivity contribution in [1.29, 1.82) is 0 Å². The van der Waals surface area contributed by atoms with Crippen LogP contribution in [0.2, 0.25) is 0 Å². The number of rotatable bonds is 10. The standard InChI is InChI=1S/C24H29NO4/c1-4-5-15-28-21-13-11-20(12-14-21)23(26)25-22(24(27)29-17-18(2)3)16-19-9-7-6-8-10-19/h6-14,16,18H,4-5,15,17H2,1-3H3,(H,25,26)/b22-16+. The van der Waals surface area contributed by atoms with Crippen LogP contribution < -0.4 is 10.1 Å². The second kappa shape index (κ2) is 11.7. The molecule has 2 rings (SSSR count). The fourth-order valence-corrected chi connectivity index (χ4v) is 2.41. The fourth-order valence-electron chi connectivity index (χ4n) is 2.41. The molecule has 0 spiro atoms. The highest BCUT2D eigenvalue weighted by Gasteiger charge is 2.16. The Balaban J connectivity index is 2.11. The summed E-state index contributed by atoms with van der Waals surface area (Å²) in [6, 6.07) is 16.2. The van der Waals surface area contributed by atoms with Crippen molar-refractivity contribution in [3.63, 3.8) is 0 Å². The van der Waals surface area contributed by atoms with Gasteiger partial charge in [0.2, 0.25) is 0 Å². The summed E-state index contributed by atoms with van der Waals surface area (Å²) in [5.41, 5.74) is 1.33. The molecule has 0 bridgehead atoms. The monoisotopic (exact) mass is 395 g/mol. The highest BCUT2D eigenvalue weighted by Crippen LogP contribution is 2.14. The van der Waals surface area contributed by atoms with Gasteiger partial charge in [0.05, 0.1) is 13.2 Å². The van der Waals surface area contributed by atoms with Gasteiger partial charge < -0.3 is 14.8 Å². The van der Waals surface area contributed by atoms with Gasteiger partial charge >= 0.3 is 5.97 Å². The van der Waals surface area contributed by atoms with Crippen LogP contribution in [-0.2, 0) is 9.53 Å². The van der Waals surface area contributed by atoms with E-state index >= 15 is 0 Å². The predicted molar refractivity (Wildman–Crippen MR) is 115 cm³/mol. The quantitative estimate of drug-likeness (QED) is 0.355. The van der Waals surface area contributed by atoms with Crippen LogP contribution in [0.25, 0.3) is 6.08 Å². The number of carbonyl (C=O) groups excluding carboxylic acids is 2. The first kappa shape index (κ1) is 22.2. The maximum Gasteiger partial charge on any atom is 0.354 e. The highest BCUT2D eigenvalue weighted by atomic mass is 16.5. The number of benzene rings is 2. The second-order valence-corrected chi connectivity index (χ2v) is 7.14. The van der Waals surface area contributed by atoms with E-state index in [0.29, 0.717) is 17.9 Å². The summed E-state index contributed by atoms with van der Waals surface area (Å²) >= 11 is 0. The lowest BCUT2D eigenvalue weighted by molar-refractivity contribution is -0.140. The third kappa shape index (κ3) is 7.82. The van der Waals surface area contributed by atoms with Gasteiger partial charge in [0.15, 0.2) is 0 Å². The van der Waals surface area contributed by atoms with E-state index < -0.39 is 5.97 Å². The van der Waals surface area contributed by atoms with Crippen molar-refractivity contribution in [3.8, 4) is 5.75 Å². The van der Waals surface area contributed by atoms with Gasteiger partial charge in [-0.1, -0.05) is 57.5 Å². The molecule has 0 saturated heterocycles. The minimum atomic E-state index is -0.560. The molecule has 154 valence electrons. The molecule has 0 saturated carbocycles. The van der Waals surface area contributed by atoms with Gasteiger partial charge in [-0.2, -0.15) is 0 Å². The van der Waals surface area contributed by atoms with Crippen molar-refractivity contribution in [3.05, 3.63) is 71.4 Å². The van der Waals surface area contributed by atoms with Crippen molar-refractivity contribution in [2.24, 2.45) is 5.92 Å². The van der Waals surface area contributed by atoms with Crippen LogP contribution in [0.1, 0.15) is 49.5 Å². The number of amides is 1. The van der Waals surface area contributed by atoms with Gasteiger partial charge in [-0.3, -0.25) is 4.79 Å². The number of nitrogens with one attached hydrogen (secondary N) is 1. The minimum absolute atomic E-state index is 0.102. The van der Waals surface area contributed by atoms with E-state index in [1.807, 2.05) is 44.2 Å². The molecule has 5 heteroatoms. The lowest BCUT2D eigenvalue weighted by Crippen LogP contribution is -2.29. The average molecular weight is 395 g/mol. The van der Waals surface area contributed by atoms with Crippen LogP contribution in [0.4, 0.5) is 0 Å².